The van der Waals surface area contributed by atoms with Crippen LogP contribution in [0, 0.1) is 0 Å². The van der Waals surface area contributed by atoms with E-state index >= 15 is 0 Å². The van der Waals surface area contributed by atoms with Crippen LogP contribution >= 0.6 is 11.8 Å². The van der Waals surface area contributed by atoms with Crippen molar-refractivity contribution in [2.24, 2.45) is 0 Å². The number of nitrogens with one attached hydrogen (secondary N) is 1. The Morgan fingerprint density at radius 1 is 0.818 bits per heavy atom. The fourth-order valence-electron chi connectivity index (χ4n) is 3.93. The fourth-order valence-corrected chi connectivity index (χ4v) is 4.84. The maximum Gasteiger partial charge on any atom is 0.253 e. The summed E-state index contributed by atoms with van der Waals surface area (Å²) in [6, 6.07) is 27.6. The highest BCUT2D eigenvalue weighted by molar-refractivity contribution is 7.99. The topological polar surface area (TPSA) is 52.7 Å². The van der Waals surface area contributed by atoms with Crippen LogP contribution in [0.2, 0.25) is 0 Å². The summed E-state index contributed by atoms with van der Waals surface area (Å²) in [6.07, 6.45) is 0. The van der Waals surface area contributed by atoms with Crippen LogP contribution in [0.3, 0.4) is 0 Å². The zero-order valence-corrected chi connectivity index (χ0v) is 19.5. The SMILES string of the molecule is O=C(CN(Cc1ccccc1)Cc1ccccc1)Nc1cccc(C(=O)N2CCSCC2)c1. The van der Waals surface area contributed by atoms with E-state index in [0.717, 1.165) is 35.7 Å². The van der Waals surface area contributed by atoms with Gasteiger partial charge in [0.05, 0.1) is 6.54 Å². The van der Waals surface area contributed by atoms with Crippen molar-refractivity contribution in [1.82, 2.24) is 9.80 Å². The molecule has 170 valence electrons. The summed E-state index contributed by atoms with van der Waals surface area (Å²) >= 11 is 1.87. The Hall–Kier alpha value is -3.09. The molecule has 1 aliphatic heterocycles. The van der Waals surface area contributed by atoms with Crippen molar-refractivity contribution < 1.29 is 9.59 Å². The molecule has 6 heteroatoms. The highest BCUT2D eigenvalue weighted by Gasteiger charge is 2.19. The van der Waals surface area contributed by atoms with E-state index < -0.39 is 0 Å². The monoisotopic (exact) mass is 459 g/mol. The first-order chi connectivity index (χ1) is 16.2. The molecular weight excluding hydrogens is 430 g/mol. The number of nitrogens with zero attached hydrogens (tertiary/aromatic N) is 2. The number of amides is 2. The highest BCUT2D eigenvalue weighted by atomic mass is 32.2. The average Bonchev–Trinajstić information content (AvgIpc) is 2.85. The van der Waals surface area contributed by atoms with Gasteiger partial charge in [-0.15, -0.1) is 0 Å². The van der Waals surface area contributed by atoms with Crippen molar-refractivity contribution in [3.63, 3.8) is 0 Å². The Balaban J connectivity index is 1.41. The van der Waals surface area contributed by atoms with Gasteiger partial charge in [-0.05, 0) is 29.3 Å². The number of carbonyl (C=O) groups excluding carboxylic acids is 2. The molecule has 1 saturated heterocycles. The Bertz CT molecular complexity index is 1010. The minimum absolute atomic E-state index is 0.0289. The van der Waals surface area contributed by atoms with Gasteiger partial charge in [-0.1, -0.05) is 66.7 Å². The van der Waals surface area contributed by atoms with E-state index in [0.29, 0.717) is 24.3 Å². The molecule has 0 bridgehead atoms. The van der Waals surface area contributed by atoms with Crippen molar-refractivity contribution >= 4 is 29.3 Å². The molecule has 3 aromatic rings. The smallest absolute Gasteiger partial charge is 0.253 e. The quantitative estimate of drug-likeness (QED) is 0.538. The molecule has 1 fully saturated rings. The second-order valence-electron chi connectivity index (χ2n) is 8.15. The molecule has 3 aromatic carbocycles. The van der Waals surface area contributed by atoms with Crippen molar-refractivity contribution in [2.45, 2.75) is 13.1 Å². The molecule has 4 rings (SSSR count). The zero-order valence-electron chi connectivity index (χ0n) is 18.7. The van der Waals surface area contributed by atoms with Crippen LogP contribution < -0.4 is 5.32 Å². The summed E-state index contributed by atoms with van der Waals surface area (Å²) in [7, 11) is 0. The van der Waals surface area contributed by atoms with Gasteiger partial charge in [0, 0.05) is 48.9 Å². The lowest BCUT2D eigenvalue weighted by Gasteiger charge is -2.26. The zero-order chi connectivity index (χ0) is 22.9. The first-order valence-corrected chi connectivity index (χ1v) is 12.4. The molecule has 1 heterocycles. The average molecular weight is 460 g/mol. The Morgan fingerprint density at radius 3 is 2.03 bits per heavy atom. The van der Waals surface area contributed by atoms with Crippen LogP contribution in [0.15, 0.2) is 84.9 Å². The van der Waals surface area contributed by atoms with E-state index in [4.69, 9.17) is 0 Å². The predicted octanol–water partition coefficient (Wildman–Crippen LogP) is 4.52. The number of hydrogen-bond acceptors (Lipinski definition) is 4. The van der Waals surface area contributed by atoms with Gasteiger partial charge >= 0.3 is 0 Å². The maximum atomic E-state index is 12.9. The molecule has 1 N–H and O–H groups in total. The molecule has 0 unspecified atom stereocenters. The number of hydrogen-bond donors (Lipinski definition) is 1. The Kier molecular flexibility index (Phi) is 8.17. The second kappa shape index (κ2) is 11.7. The molecule has 0 aromatic heterocycles. The van der Waals surface area contributed by atoms with E-state index in [1.807, 2.05) is 71.3 Å². The lowest BCUT2D eigenvalue weighted by atomic mass is 10.1. The van der Waals surface area contributed by atoms with Crippen LogP contribution in [0.1, 0.15) is 21.5 Å². The van der Waals surface area contributed by atoms with Gasteiger partial charge < -0.3 is 10.2 Å². The summed E-state index contributed by atoms with van der Waals surface area (Å²) in [6.45, 7) is 3.15. The summed E-state index contributed by atoms with van der Waals surface area (Å²) in [5, 5.41) is 2.99. The van der Waals surface area contributed by atoms with Gasteiger partial charge in [-0.3, -0.25) is 14.5 Å². The van der Waals surface area contributed by atoms with Crippen LogP contribution in [0.25, 0.3) is 0 Å². The molecule has 1 aliphatic rings. The van der Waals surface area contributed by atoms with Gasteiger partial charge in [0.25, 0.3) is 5.91 Å². The van der Waals surface area contributed by atoms with Gasteiger partial charge in [-0.2, -0.15) is 11.8 Å². The third-order valence-electron chi connectivity index (χ3n) is 5.56. The van der Waals surface area contributed by atoms with Crippen LogP contribution in [0.5, 0.6) is 0 Å². The first-order valence-electron chi connectivity index (χ1n) is 11.2. The lowest BCUT2D eigenvalue weighted by Crippen LogP contribution is -2.38. The van der Waals surface area contributed by atoms with E-state index in [1.165, 1.54) is 0 Å². The Morgan fingerprint density at radius 2 is 1.42 bits per heavy atom. The minimum atomic E-state index is -0.0965. The number of thioether (sulfide) groups is 1. The van der Waals surface area contributed by atoms with E-state index in [1.54, 1.807) is 6.07 Å². The van der Waals surface area contributed by atoms with E-state index in [9.17, 15) is 9.59 Å². The van der Waals surface area contributed by atoms with Gasteiger partial charge in [0.2, 0.25) is 5.91 Å². The third kappa shape index (κ3) is 6.94. The standard InChI is InChI=1S/C27H29N3O2S/c31-26(28-25-13-7-12-24(18-25)27(32)30-14-16-33-17-15-30)21-29(19-22-8-3-1-4-9-22)20-23-10-5-2-6-11-23/h1-13,18H,14-17,19-21H2,(H,28,31). The first kappa shape index (κ1) is 23.1. The summed E-state index contributed by atoms with van der Waals surface area (Å²) in [4.78, 5) is 29.8. The summed E-state index contributed by atoms with van der Waals surface area (Å²) < 4.78 is 0. The highest BCUT2D eigenvalue weighted by Crippen LogP contribution is 2.17. The molecule has 0 aliphatic carbocycles. The largest absolute Gasteiger partial charge is 0.337 e. The Labute approximate surface area is 199 Å². The van der Waals surface area contributed by atoms with Crippen molar-refractivity contribution in [3.05, 3.63) is 102 Å². The third-order valence-corrected chi connectivity index (χ3v) is 6.50. The number of anilines is 1. The molecule has 2 amide bonds. The summed E-state index contributed by atoms with van der Waals surface area (Å²) in [5.74, 6) is 1.88. The normalized spacial score (nSPS) is 13.7. The molecular formula is C27H29N3O2S. The van der Waals surface area contributed by atoms with Gasteiger partial charge in [0.15, 0.2) is 0 Å². The lowest BCUT2D eigenvalue weighted by molar-refractivity contribution is -0.117. The van der Waals surface area contributed by atoms with Crippen molar-refractivity contribution in [2.75, 3.05) is 36.5 Å². The number of carbonyl (C=O) groups is 2. The van der Waals surface area contributed by atoms with Crippen molar-refractivity contribution in [3.8, 4) is 0 Å². The van der Waals surface area contributed by atoms with E-state index in [2.05, 4.69) is 34.5 Å². The molecule has 5 nitrogen and oxygen atoms in total. The number of benzene rings is 3. The second-order valence-corrected chi connectivity index (χ2v) is 9.37. The summed E-state index contributed by atoms with van der Waals surface area (Å²) in [5.41, 5.74) is 3.59. The number of rotatable bonds is 8. The minimum Gasteiger partial charge on any atom is -0.337 e. The van der Waals surface area contributed by atoms with Crippen LogP contribution in [-0.4, -0.2) is 52.8 Å². The van der Waals surface area contributed by atoms with Crippen molar-refractivity contribution in [1.29, 1.82) is 0 Å². The van der Waals surface area contributed by atoms with Crippen LogP contribution in [-0.2, 0) is 17.9 Å². The molecule has 33 heavy (non-hydrogen) atoms. The predicted molar refractivity (Wildman–Crippen MR) is 135 cm³/mol. The van der Waals surface area contributed by atoms with Crippen LogP contribution in [0.4, 0.5) is 5.69 Å². The van der Waals surface area contributed by atoms with Gasteiger partial charge in [-0.25, -0.2) is 0 Å². The van der Waals surface area contributed by atoms with E-state index in [-0.39, 0.29) is 18.4 Å². The molecule has 0 saturated carbocycles. The fraction of sp³-hybridized carbons (Fsp3) is 0.259. The molecule has 0 spiro atoms. The maximum absolute atomic E-state index is 12.9. The molecule has 0 atom stereocenters. The van der Waals surface area contributed by atoms with Gasteiger partial charge in [0.1, 0.15) is 0 Å². The molecule has 0 radical (unpaired) electrons.